The average molecular weight is 217 g/mol. The van der Waals surface area contributed by atoms with Crippen LogP contribution in [0.15, 0.2) is 24.3 Å². The Morgan fingerprint density at radius 1 is 1.44 bits per heavy atom. The SMILES string of the molecule is CC(=O)Nc1ccccc1CNCCC#N. The number of hydrogen-bond donors (Lipinski definition) is 2. The molecular weight excluding hydrogens is 202 g/mol. The summed E-state index contributed by atoms with van der Waals surface area (Å²) >= 11 is 0. The van der Waals surface area contributed by atoms with Gasteiger partial charge in [-0.1, -0.05) is 18.2 Å². The van der Waals surface area contributed by atoms with Gasteiger partial charge in [0.15, 0.2) is 0 Å². The molecule has 0 aliphatic rings. The Hall–Kier alpha value is -1.86. The second kappa shape index (κ2) is 6.59. The zero-order chi connectivity index (χ0) is 11.8. The quantitative estimate of drug-likeness (QED) is 0.737. The molecule has 1 amide bonds. The number of anilines is 1. The molecule has 0 saturated heterocycles. The van der Waals surface area contributed by atoms with Gasteiger partial charge in [0.1, 0.15) is 0 Å². The Bertz CT molecular complexity index is 395. The summed E-state index contributed by atoms with van der Waals surface area (Å²) in [7, 11) is 0. The highest BCUT2D eigenvalue weighted by molar-refractivity contribution is 5.89. The lowest BCUT2D eigenvalue weighted by Crippen LogP contribution is -2.16. The predicted octanol–water partition coefficient (Wildman–Crippen LogP) is 1.65. The predicted molar refractivity (Wildman–Crippen MR) is 62.7 cm³/mol. The van der Waals surface area contributed by atoms with E-state index >= 15 is 0 Å². The fraction of sp³-hybridized carbons (Fsp3) is 0.333. The van der Waals surface area contributed by atoms with Crippen LogP contribution in [0.25, 0.3) is 0 Å². The molecule has 0 fully saturated rings. The van der Waals surface area contributed by atoms with Crippen molar-refractivity contribution in [3.8, 4) is 6.07 Å². The van der Waals surface area contributed by atoms with Crippen LogP contribution >= 0.6 is 0 Å². The van der Waals surface area contributed by atoms with E-state index in [0.717, 1.165) is 11.3 Å². The van der Waals surface area contributed by atoms with Crippen LogP contribution in [0.3, 0.4) is 0 Å². The van der Waals surface area contributed by atoms with Gasteiger partial charge in [-0.25, -0.2) is 0 Å². The molecule has 1 aromatic carbocycles. The first-order valence-corrected chi connectivity index (χ1v) is 5.17. The van der Waals surface area contributed by atoms with E-state index in [1.54, 1.807) is 0 Å². The number of para-hydroxylation sites is 1. The van der Waals surface area contributed by atoms with Crippen molar-refractivity contribution in [2.75, 3.05) is 11.9 Å². The van der Waals surface area contributed by atoms with Crippen molar-refractivity contribution >= 4 is 11.6 Å². The molecule has 0 aliphatic heterocycles. The van der Waals surface area contributed by atoms with E-state index in [4.69, 9.17) is 5.26 Å². The number of carbonyl (C=O) groups is 1. The van der Waals surface area contributed by atoms with E-state index in [1.807, 2.05) is 24.3 Å². The second-order valence-corrected chi connectivity index (χ2v) is 3.42. The van der Waals surface area contributed by atoms with Gasteiger partial charge in [-0.2, -0.15) is 5.26 Å². The highest BCUT2D eigenvalue weighted by Gasteiger charge is 2.02. The molecule has 0 radical (unpaired) electrons. The normalized spacial score (nSPS) is 9.50. The van der Waals surface area contributed by atoms with Gasteiger partial charge in [-0.05, 0) is 11.6 Å². The van der Waals surface area contributed by atoms with Gasteiger partial charge in [0.25, 0.3) is 0 Å². The minimum atomic E-state index is -0.0792. The zero-order valence-corrected chi connectivity index (χ0v) is 9.29. The topological polar surface area (TPSA) is 64.9 Å². The number of amides is 1. The van der Waals surface area contributed by atoms with Crippen molar-refractivity contribution in [1.82, 2.24) is 5.32 Å². The maximum atomic E-state index is 11.0. The minimum absolute atomic E-state index is 0.0792. The number of nitrogens with one attached hydrogen (secondary N) is 2. The smallest absolute Gasteiger partial charge is 0.221 e. The molecule has 16 heavy (non-hydrogen) atoms. The van der Waals surface area contributed by atoms with Gasteiger partial charge in [0.2, 0.25) is 5.91 Å². The average Bonchev–Trinajstić information content (AvgIpc) is 2.26. The van der Waals surface area contributed by atoms with Crippen LogP contribution in [0.2, 0.25) is 0 Å². The Morgan fingerprint density at radius 2 is 2.19 bits per heavy atom. The van der Waals surface area contributed by atoms with Crippen molar-refractivity contribution in [3.63, 3.8) is 0 Å². The van der Waals surface area contributed by atoms with E-state index in [0.29, 0.717) is 19.5 Å². The Morgan fingerprint density at radius 3 is 2.88 bits per heavy atom. The summed E-state index contributed by atoms with van der Waals surface area (Å²) in [5.41, 5.74) is 1.84. The van der Waals surface area contributed by atoms with Gasteiger partial charge in [0.05, 0.1) is 6.07 Å². The maximum Gasteiger partial charge on any atom is 0.221 e. The first-order valence-electron chi connectivity index (χ1n) is 5.17. The van der Waals surface area contributed by atoms with Gasteiger partial charge in [-0.3, -0.25) is 4.79 Å². The minimum Gasteiger partial charge on any atom is -0.326 e. The highest BCUT2D eigenvalue weighted by atomic mass is 16.1. The molecule has 0 aliphatic carbocycles. The Kier molecular flexibility index (Phi) is 5.03. The van der Waals surface area contributed by atoms with Crippen molar-refractivity contribution in [1.29, 1.82) is 5.26 Å². The molecule has 0 unspecified atom stereocenters. The summed E-state index contributed by atoms with van der Waals surface area (Å²) in [5, 5.41) is 14.3. The van der Waals surface area contributed by atoms with Crippen molar-refractivity contribution in [3.05, 3.63) is 29.8 Å². The summed E-state index contributed by atoms with van der Waals surface area (Å²) in [6, 6.07) is 9.68. The molecular formula is C12H15N3O. The second-order valence-electron chi connectivity index (χ2n) is 3.42. The van der Waals surface area contributed by atoms with Gasteiger partial charge in [0, 0.05) is 32.1 Å². The first-order chi connectivity index (χ1) is 7.74. The van der Waals surface area contributed by atoms with Crippen LogP contribution < -0.4 is 10.6 Å². The van der Waals surface area contributed by atoms with Crippen LogP contribution in [0.4, 0.5) is 5.69 Å². The third-order valence-corrected chi connectivity index (χ3v) is 2.06. The summed E-state index contributed by atoms with van der Waals surface area (Å²) in [5.74, 6) is -0.0792. The summed E-state index contributed by atoms with van der Waals surface area (Å²) in [6.45, 7) is 2.79. The molecule has 2 N–H and O–H groups in total. The fourth-order valence-electron chi connectivity index (χ4n) is 1.35. The number of nitriles is 1. The van der Waals surface area contributed by atoms with E-state index in [1.165, 1.54) is 6.92 Å². The van der Waals surface area contributed by atoms with Gasteiger partial charge < -0.3 is 10.6 Å². The Balaban J connectivity index is 2.57. The maximum absolute atomic E-state index is 11.0. The molecule has 0 saturated carbocycles. The molecule has 0 bridgehead atoms. The largest absolute Gasteiger partial charge is 0.326 e. The first kappa shape index (κ1) is 12.2. The van der Waals surface area contributed by atoms with E-state index < -0.39 is 0 Å². The summed E-state index contributed by atoms with van der Waals surface area (Å²) in [6.07, 6.45) is 0.488. The monoisotopic (exact) mass is 217 g/mol. The number of hydrogen-bond acceptors (Lipinski definition) is 3. The molecule has 4 heteroatoms. The number of nitrogens with zero attached hydrogens (tertiary/aromatic N) is 1. The lowest BCUT2D eigenvalue weighted by atomic mass is 10.1. The lowest BCUT2D eigenvalue weighted by molar-refractivity contribution is -0.114. The third kappa shape index (κ3) is 4.11. The van der Waals surface area contributed by atoms with Crippen LogP contribution in [0.1, 0.15) is 18.9 Å². The van der Waals surface area contributed by atoms with Crippen LogP contribution in [-0.2, 0) is 11.3 Å². The molecule has 84 valence electrons. The molecule has 0 spiro atoms. The molecule has 4 nitrogen and oxygen atoms in total. The number of benzene rings is 1. The van der Waals surface area contributed by atoms with Crippen molar-refractivity contribution in [2.45, 2.75) is 19.9 Å². The molecule has 1 aromatic rings. The van der Waals surface area contributed by atoms with E-state index in [-0.39, 0.29) is 5.91 Å². The molecule has 0 atom stereocenters. The number of carbonyl (C=O) groups excluding carboxylic acids is 1. The lowest BCUT2D eigenvalue weighted by Gasteiger charge is -2.09. The standard InChI is InChI=1S/C12H15N3O/c1-10(16)15-12-6-3-2-5-11(12)9-14-8-4-7-13/h2-3,5-6,14H,4,8-9H2,1H3,(H,15,16). The molecule has 0 heterocycles. The number of rotatable bonds is 5. The Labute approximate surface area is 95.3 Å². The van der Waals surface area contributed by atoms with Crippen molar-refractivity contribution < 1.29 is 4.79 Å². The van der Waals surface area contributed by atoms with Crippen LogP contribution in [0.5, 0.6) is 0 Å². The summed E-state index contributed by atoms with van der Waals surface area (Å²) < 4.78 is 0. The zero-order valence-electron chi connectivity index (χ0n) is 9.29. The van der Waals surface area contributed by atoms with Gasteiger partial charge >= 0.3 is 0 Å². The van der Waals surface area contributed by atoms with Crippen molar-refractivity contribution in [2.24, 2.45) is 0 Å². The van der Waals surface area contributed by atoms with Crippen LogP contribution in [-0.4, -0.2) is 12.5 Å². The van der Waals surface area contributed by atoms with E-state index in [2.05, 4.69) is 16.7 Å². The highest BCUT2D eigenvalue weighted by Crippen LogP contribution is 2.14. The fourth-order valence-corrected chi connectivity index (χ4v) is 1.35. The van der Waals surface area contributed by atoms with E-state index in [9.17, 15) is 4.79 Å². The molecule has 0 aromatic heterocycles. The van der Waals surface area contributed by atoms with Crippen LogP contribution in [0, 0.1) is 11.3 Å². The third-order valence-electron chi connectivity index (χ3n) is 2.06. The molecule has 1 rings (SSSR count). The summed E-state index contributed by atoms with van der Waals surface area (Å²) in [4.78, 5) is 11.0. The van der Waals surface area contributed by atoms with Gasteiger partial charge in [-0.15, -0.1) is 0 Å².